The van der Waals surface area contributed by atoms with Crippen LogP contribution in [0.1, 0.15) is 39.0 Å². The van der Waals surface area contributed by atoms with Gasteiger partial charge in [-0.25, -0.2) is 9.18 Å². The predicted molar refractivity (Wildman–Crippen MR) is 70.3 cm³/mol. The number of carbonyl (C=O) groups is 1. The SMILES string of the molecule is CC(=CC(F)(F)C(F)(F)C(F)(F)C(F)CCCCCC(F)(F)F)C(=O)O. The quantitative estimate of drug-likeness (QED) is 0.284. The molecule has 0 saturated heterocycles. The highest BCUT2D eigenvalue weighted by Gasteiger charge is 2.73. The van der Waals surface area contributed by atoms with Crippen molar-refractivity contribution in [2.75, 3.05) is 0 Å². The molecule has 0 rings (SSSR count). The van der Waals surface area contributed by atoms with Crippen molar-refractivity contribution in [1.82, 2.24) is 0 Å². The number of rotatable bonds is 10. The summed E-state index contributed by atoms with van der Waals surface area (Å²) in [6.07, 6.45) is -13.5. The molecule has 1 unspecified atom stereocenters. The third-order valence-corrected chi connectivity index (χ3v) is 3.38. The minimum absolute atomic E-state index is 0.421. The zero-order valence-electron chi connectivity index (χ0n) is 13.3. The smallest absolute Gasteiger partial charge is 0.389 e. The predicted octanol–water partition coefficient (Wildman–Crippen LogP) is 5.77. The molecule has 2 nitrogen and oxygen atoms in total. The number of allylic oxidation sites excluding steroid dienone is 1. The largest absolute Gasteiger partial charge is 0.478 e. The monoisotopic (exact) mass is 406 g/mol. The van der Waals surface area contributed by atoms with Crippen LogP contribution in [0.15, 0.2) is 11.6 Å². The normalized spacial score (nSPS) is 15.9. The summed E-state index contributed by atoms with van der Waals surface area (Å²) >= 11 is 0. The fourth-order valence-corrected chi connectivity index (χ4v) is 1.85. The minimum atomic E-state index is -6.25. The molecule has 0 aromatic rings. The molecule has 0 amide bonds. The van der Waals surface area contributed by atoms with Crippen LogP contribution in [0.25, 0.3) is 0 Å². The van der Waals surface area contributed by atoms with E-state index in [0.717, 1.165) is 0 Å². The van der Waals surface area contributed by atoms with Crippen LogP contribution < -0.4 is 0 Å². The summed E-state index contributed by atoms with van der Waals surface area (Å²) < 4.78 is 130. The molecule has 0 aliphatic carbocycles. The Morgan fingerprint density at radius 2 is 1.46 bits per heavy atom. The summed E-state index contributed by atoms with van der Waals surface area (Å²) in [5.41, 5.74) is -1.35. The zero-order valence-corrected chi connectivity index (χ0v) is 13.3. The molecule has 1 atom stereocenters. The topological polar surface area (TPSA) is 37.3 Å². The first-order valence-electron chi connectivity index (χ1n) is 7.22. The van der Waals surface area contributed by atoms with Crippen LogP contribution in [-0.4, -0.2) is 41.2 Å². The number of aliphatic carboxylic acids is 1. The van der Waals surface area contributed by atoms with Gasteiger partial charge in [-0.2, -0.15) is 39.5 Å². The Hall–Kier alpha value is -1.49. The number of hydrogen-bond acceptors (Lipinski definition) is 1. The van der Waals surface area contributed by atoms with Crippen molar-refractivity contribution in [3.8, 4) is 0 Å². The van der Waals surface area contributed by atoms with Crippen molar-refractivity contribution in [2.24, 2.45) is 0 Å². The number of carboxylic acids is 1. The van der Waals surface area contributed by atoms with Gasteiger partial charge in [-0.15, -0.1) is 0 Å². The van der Waals surface area contributed by atoms with E-state index in [0.29, 0.717) is 6.92 Å². The van der Waals surface area contributed by atoms with E-state index in [9.17, 15) is 48.7 Å². The molecule has 154 valence electrons. The molecule has 1 N–H and O–H groups in total. The number of carboxylic acid groups (broad SMARTS) is 1. The van der Waals surface area contributed by atoms with E-state index >= 15 is 0 Å². The van der Waals surface area contributed by atoms with Gasteiger partial charge in [-0.05, 0) is 19.8 Å². The highest BCUT2D eigenvalue weighted by atomic mass is 19.4. The summed E-state index contributed by atoms with van der Waals surface area (Å²) in [5.74, 6) is -19.8. The van der Waals surface area contributed by atoms with Gasteiger partial charge in [0.25, 0.3) is 0 Å². The van der Waals surface area contributed by atoms with E-state index < -0.39 is 79.8 Å². The average molecular weight is 406 g/mol. The molecule has 0 spiro atoms. The first kappa shape index (κ1) is 24.5. The van der Waals surface area contributed by atoms with E-state index in [1.54, 1.807) is 0 Å². The van der Waals surface area contributed by atoms with E-state index in [2.05, 4.69) is 0 Å². The molecule has 0 aliphatic heterocycles. The van der Waals surface area contributed by atoms with Crippen molar-refractivity contribution in [3.05, 3.63) is 11.6 Å². The maximum atomic E-state index is 13.5. The molecule has 0 saturated carbocycles. The van der Waals surface area contributed by atoms with Gasteiger partial charge in [0.15, 0.2) is 6.17 Å². The lowest BCUT2D eigenvalue weighted by Crippen LogP contribution is -2.57. The average Bonchev–Trinajstić information content (AvgIpc) is 2.44. The first-order valence-corrected chi connectivity index (χ1v) is 7.22. The Morgan fingerprint density at radius 3 is 1.88 bits per heavy atom. The maximum absolute atomic E-state index is 13.5. The second-order valence-electron chi connectivity index (χ2n) is 5.63. The van der Waals surface area contributed by atoms with Gasteiger partial charge in [-0.3, -0.25) is 0 Å². The summed E-state index contributed by atoms with van der Waals surface area (Å²) in [7, 11) is 0. The zero-order chi connectivity index (χ0) is 21.0. The van der Waals surface area contributed by atoms with Crippen molar-refractivity contribution < 1.29 is 53.8 Å². The van der Waals surface area contributed by atoms with Crippen LogP contribution >= 0.6 is 0 Å². The Bertz CT molecular complexity index is 510. The summed E-state index contributed by atoms with van der Waals surface area (Å²) in [6, 6.07) is 0. The standard InChI is InChI=1S/C14H16F10O2/c1-8(10(25)26)7-11(16,17)14(23,24)13(21,22)9(15)5-3-2-4-6-12(18,19)20/h7,9H,2-6H2,1H3,(H,25,26). The lowest BCUT2D eigenvalue weighted by molar-refractivity contribution is -0.310. The molecule has 0 aliphatic rings. The second-order valence-corrected chi connectivity index (χ2v) is 5.63. The molecule has 0 radical (unpaired) electrons. The van der Waals surface area contributed by atoms with Crippen LogP contribution in [0.5, 0.6) is 0 Å². The van der Waals surface area contributed by atoms with Crippen LogP contribution in [0, 0.1) is 0 Å². The molecule has 12 heteroatoms. The van der Waals surface area contributed by atoms with Gasteiger partial charge >= 0.3 is 29.9 Å². The van der Waals surface area contributed by atoms with E-state index in [1.165, 1.54) is 0 Å². The van der Waals surface area contributed by atoms with Gasteiger partial charge in [0.1, 0.15) is 0 Å². The maximum Gasteiger partial charge on any atom is 0.389 e. The van der Waals surface area contributed by atoms with Gasteiger partial charge in [0.05, 0.1) is 0 Å². The lowest BCUT2D eigenvalue weighted by atomic mass is 9.95. The van der Waals surface area contributed by atoms with Crippen LogP contribution in [0.4, 0.5) is 43.9 Å². The Labute approximate surface area is 141 Å². The first-order chi connectivity index (χ1) is 11.5. The molecular formula is C14H16F10O2. The number of alkyl halides is 10. The number of unbranched alkanes of at least 4 members (excludes halogenated alkanes) is 2. The number of hydrogen-bond donors (Lipinski definition) is 1. The molecule has 0 fully saturated rings. The van der Waals surface area contributed by atoms with Crippen molar-refractivity contribution in [1.29, 1.82) is 0 Å². The summed E-state index contributed by atoms with van der Waals surface area (Å²) in [6.45, 7) is 0.456. The molecule has 0 bridgehead atoms. The highest BCUT2D eigenvalue weighted by molar-refractivity contribution is 5.86. The fraction of sp³-hybridized carbons (Fsp3) is 0.786. The highest BCUT2D eigenvalue weighted by Crippen LogP contribution is 2.50. The van der Waals surface area contributed by atoms with E-state index in [4.69, 9.17) is 5.11 Å². The van der Waals surface area contributed by atoms with Gasteiger partial charge in [0, 0.05) is 18.1 Å². The molecule has 26 heavy (non-hydrogen) atoms. The molecule has 0 heterocycles. The third-order valence-electron chi connectivity index (χ3n) is 3.38. The Kier molecular flexibility index (Phi) is 7.98. The van der Waals surface area contributed by atoms with Gasteiger partial charge in [-0.1, -0.05) is 12.8 Å². The lowest BCUT2D eigenvalue weighted by Gasteiger charge is -2.33. The van der Waals surface area contributed by atoms with E-state index in [1.807, 2.05) is 0 Å². The van der Waals surface area contributed by atoms with Crippen LogP contribution in [0.3, 0.4) is 0 Å². The minimum Gasteiger partial charge on any atom is -0.478 e. The second kappa shape index (κ2) is 8.47. The summed E-state index contributed by atoms with van der Waals surface area (Å²) in [4.78, 5) is 10.4. The molecule has 0 aromatic carbocycles. The number of halogens is 10. The van der Waals surface area contributed by atoms with Crippen molar-refractivity contribution in [3.63, 3.8) is 0 Å². The fourth-order valence-electron chi connectivity index (χ4n) is 1.85. The van der Waals surface area contributed by atoms with Gasteiger partial charge < -0.3 is 5.11 Å². The van der Waals surface area contributed by atoms with Crippen LogP contribution in [-0.2, 0) is 4.79 Å². The Balaban J connectivity index is 5.03. The van der Waals surface area contributed by atoms with E-state index in [-0.39, 0.29) is 0 Å². The Morgan fingerprint density at radius 1 is 0.962 bits per heavy atom. The molecular weight excluding hydrogens is 390 g/mol. The molecule has 0 aromatic heterocycles. The van der Waals surface area contributed by atoms with Crippen molar-refractivity contribution >= 4 is 5.97 Å². The van der Waals surface area contributed by atoms with Crippen LogP contribution in [0.2, 0.25) is 0 Å². The van der Waals surface area contributed by atoms with Gasteiger partial charge in [0.2, 0.25) is 0 Å². The third kappa shape index (κ3) is 6.35. The van der Waals surface area contributed by atoms with Crippen molar-refractivity contribution in [2.45, 2.75) is 69.1 Å². The summed E-state index contributed by atoms with van der Waals surface area (Å²) in [5, 5.41) is 8.36.